The van der Waals surface area contributed by atoms with Crippen LogP contribution in [0.25, 0.3) is 0 Å². The van der Waals surface area contributed by atoms with Gasteiger partial charge in [-0.1, -0.05) is 41.5 Å². The van der Waals surface area contributed by atoms with Crippen LogP contribution in [0.2, 0.25) is 0 Å². The average molecular weight is 529 g/mol. The highest BCUT2D eigenvalue weighted by atomic mass is 16.5. The highest BCUT2D eigenvalue weighted by Gasteiger charge is 2.08. The topological polar surface area (TPSA) is 76.7 Å². The lowest BCUT2D eigenvalue weighted by Crippen LogP contribution is -2.11. The number of nitrogens with one attached hydrogen (secondary N) is 2. The molecule has 0 unspecified atom stereocenters. The van der Waals surface area contributed by atoms with Gasteiger partial charge in [0, 0.05) is 28.6 Å². The van der Waals surface area contributed by atoms with E-state index in [1.807, 2.05) is 56.3 Å². The van der Waals surface area contributed by atoms with Crippen molar-refractivity contribution < 1.29 is 19.1 Å². The summed E-state index contributed by atoms with van der Waals surface area (Å²) in [6, 6.07) is 36.5. The Morgan fingerprint density at radius 2 is 0.850 bits per heavy atom. The van der Waals surface area contributed by atoms with Crippen LogP contribution in [0.3, 0.4) is 0 Å². The zero-order valence-electron chi connectivity index (χ0n) is 22.2. The Morgan fingerprint density at radius 3 is 1.23 bits per heavy atom. The van der Waals surface area contributed by atoms with E-state index < -0.39 is 0 Å². The van der Waals surface area contributed by atoms with Crippen LogP contribution < -0.4 is 20.1 Å². The fourth-order valence-electron chi connectivity index (χ4n) is 3.90. The second-order valence-corrected chi connectivity index (χ2v) is 9.37. The molecule has 2 amide bonds. The molecule has 5 aromatic rings. The predicted molar refractivity (Wildman–Crippen MR) is 158 cm³/mol. The predicted octanol–water partition coefficient (Wildman–Crippen LogP) is 8.39. The van der Waals surface area contributed by atoms with E-state index in [0.717, 1.165) is 11.1 Å². The van der Waals surface area contributed by atoms with Gasteiger partial charge in [0.1, 0.15) is 23.0 Å². The molecular formula is C34H28N2O4. The molecule has 6 nitrogen and oxygen atoms in total. The molecule has 6 heteroatoms. The first-order valence-corrected chi connectivity index (χ1v) is 12.8. The van der Waals surface area contributed by atoms with E-state index in [-0.39, 0.29) is 11.8 Å². The van der Waals surface area contributed by atoms with Crippen molar-refractivity contribution in [2.45, 2.75) is 13.8 Å². The number of carbonyl (C=O) groups is 2. The molecule has 0 heterocycles. The van der Waals surface area contributed by atoms with E-state index in [1.54, 1.807) is 78.9 Å². The molecule has 0 aliphatic heterocycles. The standard InChI is InChI=1S/C34H28N2O4/c1-23-6-10-25(11-7-23)33(37)35-27-14-18-29(19-15-27)39-31-4-3-5-32(22-31)40-30-20-16-28(17-21-30)36-34(38)26-12-8-24(2)9-13-26/h3-22H,1-2H3,(H,35,37)(H,36,38). The number of aryl methyl sites for hydroxylation is 2. The van der Waals surface area contributed by atoms with Crippen molar-refractivity contribution in [2.75, 3.05) is 10.6 Å². The van der Waals surface area contributed by atoms with Crippen LogP contribution in [0.4, 0.5) is 11.4 Å². The van der Waals surface area contributed by atoms with E-state index in [1.165, 1.54) is 0 Å². The molecule has 198 valence electrons. The highest BCUT2D eigenvalue weighted by molar-refractivity contribution is 6.04. The van der Waals surface area contributed by atoms with E-state index in [9.17, 15) is 9.59 Å². The number of anilines is 2. The molecule has 5 rings (SSSR count). The molecule has 5 aromatic carbocycles. The number of rotatable bonds is 8. The molecule has 40 heavy (non-hydrogen) atoms. The van der Waals surface area contributed by atoms with E-state index >= 15 is 0 Å². The summed E-state index contributed by atoms with van der Waals surface area (Å²) in [5.74, 6) is 2.13. The molecule has 0 radical (unpaired) electrons. The van der Waals surface area contributed by atoms with E-state index in [4.69, 9.17) is 9.47 Å². The number of hydrogen-bond donors (Lipinski definition) is 2. The van der Waals surface area contributed by atoms with Gasteiger partial charge >= 0.3 is 0 Å². The zero-order valence-corrected chi connectivity index (χ0v) is 22.2. The monoisotopic (exact) mass is 528 g/mol. The van der Waals surface area contributed by atoms with Gasteiger partial charge in [-0.05, 0) is 98.8 Å². The van der Waals surface area contributed by atoms with Gasteiger partial charge in [-0.2, -0.15) is 0 Å². The molecule has 0 saturated carbocycles. The maximum atomic E-state index is 12.4. The summed E-state index contributed by atoms with van der Waals surface area (Å²) in [5, 5.41) is 5.78. The van der Waals surface area contributed by atoms with Crippen LogP contribution >= 0.6 is 0 Å². The summed E-state index contributed by atoms with van der Waals surface area (Å²) < 4.78 is 12.0. The minimum atomic E-state index is -0.166. The molecule has 0 aliphatic carbocycles. The average Bonchev–Trinajstić information content (AvgIpc) is 2.96. The maximum absolute atomic E-state index is 12.4. The van der Waals surface area contributed by atoms with Gasteiger partial charge in [0.25, 0.3) is 11.8 Å². The lowest BCUT2D eigenvalue weighted by Gasteiger charge is -2.11. The molecular weight excluding hydrogens is 500 g/mol. The number of carbonyl (C=O) groups excluding carboxylic acids is 2. The van der Waals surface area contributed by atoms with Crippen molar-refractivity contribution in [3.8, 4) is 23.0 Å². The third kappa shape index (κ3) is 6.94. The summed E-state index contributed by atoms with van der Waals surface area (Å²) >= 11 is 0. The largest absolute Gasteiger partial charge is 0.457 e. The van der Waals surface area contributed by atoms with Gasteiger partial charge in [0.05, 0.1) is 0 Å². The lowest BCUT2D eigenvalue weighted by molar-refractivity contribution is 0.101. The van der Waals surface area contributed by atoms with Gasteiger partial charge < -0.3 is 20.1 Å². The summed E-state index contributed by atoms with van der Waals surface area (Å²) in [6.45, 7) is 3.96. The van der Waals surface area contributed by atoms with Gasteiger partial charge in [-0.3, -0.25) is 9.59 Å². The van der Waals surface area contributed by atoms with Gasteiger partial charge in [0.2, 0.25) is 0 Å². The van der Waals surface area contributed by atoms with Crippen LogP contribution in [0.15, 0.2) is 121 Å². The Morgan fingerprint density at radius 1 is 0.475 bits per heavy atom. The van der Waals surface area contributed by atoms with Gasteiger partial charge in [-0.25, -0.2) is 0 Å². The summed E-state index contributed by atoms with van der Waals surface area (Å²) in [6.07, 6.45) is 0. The van der Waals surface area contributed by atoms with Crippen molar-refractivity contribution in [3.05, 3.63) is 144 Å². The van der Waals surface area contributed by atoms with Crippen LogP contribution in [0.1, 0.15) is 31.8 Å². The third-order valence-corrected chi connectivity index (χ3v) is 6.13. The maximum Gasteiger partial charge on any atom is 0.255 e. The Labute approximate surface area is 233 Å². The summed E-state index contributed by atoms with van der Waals surface area (Å²) in [5.41, 5.74) is 4.76. The quantitative estimate of drug-likeness (QED) is 0.212. The number of ether oxygens (including phenoxy) is 2. The number of hydrogen-bond acceptors (Lipinski definition) is 4. The molecule has 0 spiro atoms. The zero-order chi connectivity index (χ0) is 27.9. The van der Waals surface area contributed by atoms with E-state index in [0.29, 0.717) is 45.5 Å². The fourth-order valence-corrected chi connectivity index (χ4v) is 3.90. The first-order valence-electron chi connectivity index (χ1n) is 12.8. The minimum Gasteiger partial charge on any atom is -0.457 e. The SMILES string of the molecule is Cc1ccc(C(=O)Nc2ccc(Oc3cccc(Oc4ccc(NC(=O)c5ccc(C)cc5)cc4)c3)cc2)cc1. The van der Waals surface area contributed by atoms with Crippen LogP contribution in [0, 0.1) is 13.8 Å². The smallest absolute Gasteiger partial charge is 0.255 e. The normalized spacial score (nSPS) is 10.4. The Hall–Kier alpha value is -5.36. The van der Waals surface area contributed by atoms with E-state index in [2.05, 4.69) is 10.6 Å². The lowest BCUT2D eigenvalue weighted by atomic mass is 10.1. The minimum absolute atomic E-state index is 0.166. The van der Waals surface area contributed by atoms with Crippen LogP contribution in [-0.2, 0) is 0 Å². The molecule has 0 bridgehead atoms. The highest BCUT2D eigenvalue weighted by Crippen LogP contribution is 2.29. The molecule has 0 atom stereocenters. The fraction of sp³-hybridized carbons (Fsp3) is 0.0588. The van der Waals surface area contributed by atoms with Crippen molar-refractivity contribution in [1.29, 1.82) is 0 Å². The Balaban J connectivity index is 1.16. The second-order valence-electron chi connectivity index (χ2n) is 9.37. The Bertz CT molecular complexity index is 1490. The van der Waals surface area contributed by atoms with Gasteiger partial charge in [-0.15, -0.1) is 0 Å². The molecule has 0 aliphatic rings. The number of amides is 2. The van der Waals surface area contributed by atoms with Crippen molar-refractivity contribution in [3.63, 3.8) is 0 Å². The molecule has 0 aromatic heterocycles. The summed E-state index contributed by atoms with van der Waals surface area (Å²) in [7, 11) is 0. The van der Waals surface area contributed by atoms with Crippen molar-refractivity contribution >= 4 is 23.2 Å². The summed E-state index contributed by atoms with van der Waals surface area (Å²) in [4.78, 5) is 24.9. The molecule has 0 saturated heterocycles. The van der Waals surface area contributed by atoms with Gasteiger partial charge in [0.15, 0.2) is 0 Å². The molecule has 0 fully saturated rings. The van der Waals surface area contributed by atoms with Crippen LogP contribution in [-0.4, -0.2) is 11.8 Å². The van der Waals surface area contributed by atoms with Crippen molar-refractivity contribution in [1.82, 2.24) is 0 Å². The van der Waals surface area contributed by atoms with Crippen molar-refractivity contribution in [2.24, 2.45) is 0 Å². The van der Waals surface area contributed by atoms with Crippen LogP contribution in [0.5, 0.6) is 23.0 Å². The first-order chi connectivity index (χ1) is 19.4. The first kappa shape index (κ1) is 26.3. The molecule has 2 N–H and O–H groups in total. The second kappa shape index (κ2) is 12.0. The Kier molecular flexibility index (Phi) is 7.88. The third-order valence-electron chi connectivity index (χ3n) is 6.13. The number of benzene rings is 5.